The van der Waals surface area contributed by atoms with Gasteiger partial charge in [0, 0.05) is 29.7 Å². The number of carboxylic acid groups (broad SMARTS) is 1. The Kier molecular flexibility index (Phi) is 7.24. The Balaban J connectivity index is 1.18. The van der Waals surface area contributed by atoms with E-state index in [9.17, 15) is 14.3 Å². The minimum atomic E-state index is -0.941. The lowest BCUT2D eigenvalue weighted by molar-refractivity contribution is -0.927. The maximum atomic E-state index is 13.6. The first-order chi connectivity index (χ1) is 19.4. The van der Waals surface area contributed by atoms with Gasteiger partial charge in [-0.25, -0.2) is 9.18 Å². The monoisotopic (exact) mass is 544 g/mol. The number of methoxy groups -OCH3 is 1. The molecule has 3 aromatic carbocycles. The van der Waals surface area contributed by atoms with E-state index in [0.29, 0.717) is 30.1 Å². The van der Waals surface area contributed by atoms with E-state index in [0.717, 1.165) is 53.3 Å². The molecular formula is C33H35FNO5+. The molecule has 1 aliphatic heterocycles. The zero-order chi connectivity index (χ0) is 27.8. The third-order valence-electron chi connectivity index (χ3n) is 8.78. The van der Waals surface area contributed by atoms with Crippen LogP contribution in [0.5, 0.6) is 11.5 Å². The van der Waals surface area contributed by atoms with Crippen molar-refractivity contribution in [3.05, 3.63) is 83.4 Å². The van der Waals surface area contributed by atoms with Gasteiger partial charge < -0.3 is 23.9 Å². The second kappa shape index (κ2) is 11.0. The van der Waals surface area contributed by atoms with Crippen LogP contribution < -0.4 is 14.4 Å². The third kappa shape index (κ3) is 5.06. The highest BCUT2D eigenvalue weighted by Gasteiger charge is 2.47. The number of rotatable bonds is 9. The summed E-state index contributed by atoms with van der Waals surface area (Å²) < 4.78 is 31.5. The van der Waals surface area contributed by atoms with Crippen molar-refractivity contribution in [1.29, 1.82) is 0 Å². The van der Waals surface area contributed by atoms with E-state index in [1.54, 1.807) is 36.3 Å². The van der Waals surface area contributed by atoms with Crippen LogP contribution in [0.15, 0.2) is 65.1 Å². The molecule has 40 heavy (non-hydrogen) atoms. The van der Waals surface area contributed by atoms with Crippen molar-refractivity contribution in [3.8, 4) is 22.6 Å². The van der Waals surface area contributed by atoms with Crippen molar-refractivity contribution in [2.24, 2.45) is 11.8 Å². The van der Waals surface area contributed by atoms with Gasteiger partial charge >= 0.3 is 5.97 Å². The Morgan fingerprint density at radius 2 is 1.85 bits per heavy atom. The lowest BCUT2D eigenvalue weighted by atomic mass is 9.89. The number of fused-ring (bicyclic) bond motifs is 2. The van der Waals surface area contributed by atoms with E-state index < -0.39 is 5.97 Å². The summed E-state index contributed by atoms with van der Waals surface area (Å²) >= 11 is 0. The summed E-state index contributed by atoms with van der Waals surface area (Å²) in [5.74, 6) is 2.44. The molecule has 2 fully saturated rings. The fourth-order valence-corrected chi connectivity index (χ4v) is 7.02. The second-order valence-electron chi connectivity index (χ2n) is 11.1. The SMILES string of the molecule is CCOc1cc(C[NH+]2CC[C@H]3C(Cc4cc5ccc(C(=O)O)cc5o4)CC[C@H]32)cc(OC)c1-c1ccc(F)cc1. The van der Waals surface area contributed by atoms with E-state index in [4.69, 9.17) is 13.9 Å². The van der Waals surface area contributed by atoms with Gasteiger partial charge in [-0.15, -0.1) is 0 Å². The van der Waals surface area contributed by atoms with Gasteiger partial charge in [-0.1, -0.05) is 18.2 Å². The smallest absolute Gasteiger partial charge is 0.335 e. The molecule has 0 spiro atoms. The molecular weight excluding hydrogens is 509 g/mol. The Bertz CT molecular complexity index is 1530. The largest absolute Gasteiger partial charge is 0.496 e. The molecule has 2 N–H and O–H groups in total. The molecule has 1 aromatic heterocycles. The predicted molar refractivity (Wildman–Crippen MR) is 151 cm³/mol. The van der Waals surface area contributed by atoms with Crippen LogP contribution in [0.25, 0.3) is 22.1 Å². The van der Waals surface area contributed by atoms with Crippen LogP contribution in [0.4, 0.5) is 4.39 Å². The third-order valence-corrected chi connectivity index (χ3v) is 8.78. The zero-order valence-electron chi connectivity index (χ0n) is 22.9. The van der Waals surface area contributed by atoms with Crippen LogP contribution in [-0.2, 0) is 13.0 Å². The molecule has 2 aliphatic rings. The van der Waals surface area contributed by atoms with Crippen LogP contribution in [0.3, 0.4) is 0 Å². The number of furan rings is 1. The number of nitrogens with one attached hydrogen (secondary N) is 1. The van der Waals surface area contributed by atoms with Crippen LogP contribution in [0.1, 0.15) is 47.9 Å². The molecule has 1 aliphatic carbocycles. The summed E-state index contributed by atoms with van der Waals surface area (Å²) in [7, 11) is 1.67. The van der Waals surface area contributed by atoms with Crippen molar-refractivity contribution in [2.75, 3.05) is 20.3 Å². The number of halogens is 1. The van der Waals surface area contributed by atoms with Crippen LogP contribution in [0, 0.1) is 17.7 Å². The van der Waals surface area contributed by atoms with E-state index in [1.807, 2.05) is 13.0 Å². The molecule has 1 saturated carbocycles. The van der Waals surface area contributed by atoms with Gasteiger partial charge in [-0.2, -0.15) is 0 Å². The number of benzene rings is 3. The maximum Gasteiger partial charge on any atom is 0.335 e. The first-order valence-corrected chi connectivity index (χ1v) is 14.1. The summed E-state index contributed by atoms with van der Waals surface area (Å²) in [6.45, 7) is 4.52. The lowest BCUT2D eigenvalue weighted by Crippen LogP contribution is -3.12. The molecule has 6 rings (SSSR count). The summed E-state index contributed by atoms with van der Waals surface area (Å²) in [6.07, 6.45) is 4.45. The Morgan fingerprint density at radius 3 is 2.60 bits per heavy atom. The average molecular weight is 545 g/mol. The predicted octanol–water partition coefficient (Wildman–Crippen LogP) is 5.77. The normalized spacial score (nSPS) is 22.0. The van der Waals surface area contributed by atoms with Crippen molar-refractivity contribution >= 4 is 16.9 Å². The summed E-state index contributed by atoms with van der Waals surface area (Å²) in [5, 5.41) is 10.2. The van der Waals surface area contributed by atoms with Crippen molar-refractivity contribution in [3.63, 3.8) is 0 Å². The van der Waals surface area contributed by atoms with Gasteiger partial charge in [-0.3, -0.25) is 0 Å². The van der Waals surface area contributed by atoms with Crippen LogP contribution in [-0.4, -0.2) is 37.4 Å². The van der Waals surface area contributed by atoms with E-state index in [1.165, 1.54) is 37.0 Å². The number of aromatic carboxylic acids is 1. The summed E-state index contributed by atoms with van der Waals surface area (Å²) in [6, 6.07) is 18.4. The molecule has 2 heterocycles. The average Bonchev–Trinajstić information content (AvgIpc) is 3.65. The second-order valence-corrected chi connectivity index (χ2v) is 11.1. The highest BCUT2D eigenvalue weighted by molar-refractivity contribution is 5.92. The highest BCUT2D eigenvalue weighted by atomic mass is 19.1. The molecule has 1 saturated heterocycles. The molecule has 7 heteroatoms. The Hall–Kier alpha value is -3.84. The van der Waals surface area contributed by atoms with Crippen molar-refractivity contribution < 1.29 is 33.1 Å². The molecule has 0 amide bonds. The molecule has 4 aromatic rings. The van der Waals surface area contributed by atoms with Crippen molar-refractivity contribution in [2.45, 2.75) is 45.2 Å². The molecule has 0 radical (unpaired) electrons. The van der Waals surface area contributed by atoms with Gasteiger partial charge in [0.05, 0.1) is 37.4 Å². The first kappa shape index (κ1) is 26.4. The Morgan fingerprint density at radius 1 is 1.05 bits per heavy atom. The van der Waals surface area contributed by atoms with Gasteiger partial charge in [0.25, 0.3) is 0 Å². The van der Waals surface area contributed by atoms with Crippen LogP contribution >= 0.6 is 0 Å². The molecule has 6 nitrogen and oxygen atoms in total. The number of hydrogen-bond donors (Lipinski definition) is 2. The lowest BCUT2D eigenvalue weighted by Gasteiger charge is -2.23. The number of quaternary nitrogens is 1. The van der Waals surface area contributed by atoms with Gasteiger partial charge in [0.15, 0.2) is 0 Å². The standard InChI is InChI=1S/C33H34FNO5/c1-3-39-31-15-20(14-30(38-2)32(31)21-6-9-25(34)10-7-21)19-35-13-12-27-22(8-11-28(27)35)16-26-17-23-4-5-24(33(36)37)18-29(23)40-26/h4-7,9-10,14-15,17-18,22,27-28H,3,8,11-13,16,19H2,1-2H3,(H,36,37)/p+1/t22?,27-,28+/m0/s1. The van der Waals surface area contributed by atoms with Crippen LogP contribution in [0.2, 0.25) is 0 Å². The minimum Gasteiger partial charge on any atom is -0.496 e. The van der Waals surface area contributed by atoms with Gasteiger partial charge in [0.1, 0.15) is 35.2 Å². The number of hydrogen-bond acceptors (Lipinski definition) is 4. The van der Waals surface area contributed by atoms with E-state index in [2.05, 4.69) is 18.2 Å². The van der Waals surface area contributed by atoms with Gasteiger partial charge in [-0.05, 0) is 73.7 Å². The fourth-order valence-electron chi connectivity index (χ4n) is 7.02. The zero-order valence-corrected chi connectivity index (χ0v) is 22.9. The maximum absolute atomic E-state index is 13.6. The quantitative estimate of drug-likeness (QED) is 0.280. The van der Waals surface area contributed by atoms with E-state index in [-0.39, 0.29) is 11.4 Å². The molecule has 0 bridgehead atoms. The van der Waals surface area contributed by atoms with E-state index >= 15 is 0 Å². The molecule has 2 unspecified atom stereocenters. The first-order valence-electron chi connectivity index (χ1n) is 14.1. The van der Waals surface area contributed by atoms with Gasteiger partial charge in [0.2, 0.25) is 0 Å². The fraction of sp³-hybridized carbons (Fsp3) is 0.364. The number of ether oxygens (including phenoxy) is 2. The minimum absolute atomic E-state index is 0.249. The molecule has 4 atom stereocenters. The number of carboxylic acids is 1. The highest BCUT2D eigenvalue weighted by Crippen LogP contribution is 2.41. The number of likely N-dealkylation sites (tertiary alicyclic amines) is 1. The Labute approximate surface area is 233 Å². The summed E-state index contributed by atoms with van der Waals surface area (Å²) in [5.41, 5.74) is 3.79. The number of carbonyl (C=O) groups is 1. The molecule has 208 valence electrons. The summed E-state index contributed by atoms with van der Waals surface area (Å²) in [4.78, 5) is 12.9. The van der Waals surface area contributed by atoms with Crippen molar-refractivity contribution in [1.82, 2.24) is 0 Å². The topological polar surface area (TPSA) is 73.3 Å².